The average Bonchev–Trinajstić information content (AvgIpc) is 3.50. The number of nitrogens with zero attached hydrogens (tertiary/aromatic N) is 1. The summed E-state index contributed by atoms with van der Waals surface area (Å²) in [5.41, 5.74) is 8.30. The summed E-state index contributed by atoms with van der Waals surface area (Å²) in [5, 5.41) is 7.63. The second kappa shape index (κ2) is 11.0. The van der Waals surface area contributed by atoms with Crippen molar-refractivity contribution in [3.8, 4) is 22.3 Å². The van der Waals surface area contributed by atoms with Gasteiger partial charge in [0.25, 0.3) is 0 Å². The largest absolute Gasteiger partial charge is 0.310 e. The van der Waals surface area contributed by atoms with Gasteiger partial charge in [-0.15, -0.1) is 11.3 Å². The van der Waals surface area contributed by atoms with Crippen LogP contribution in [0.25, 0.3) is 64.0 Å². The van der Waals surface area contributed by atoms with Crippen molar-refractivity contribution in [2.75, 3.05) is 4.90 Å². The molecule has 0 aliphatic rings. The van der Waals surface area contributed by atoms with Crippen molar-refractivity contribution in [3.05, 3.63) is 176 Å². The second-order valence-corrected chi connectivity index (χ2v) is 12.9. The highest BCUT2D eigenvalue weighted by molar-refractivity contribution is 7.25. The maximum Gasteiger partial charge on any atom is 0.0540 e. The van der Waals surface area contributed by atoms with Gasteiger partial charge in [0.2, 0.25) is 0 Å². The predicted octanol–water partition coefficient (Wildman–Crippen LogP) is 13.2. The summed E-state index contributed by atoms with van der Waals surface area (Å²) in [5.74, 6) is 0. The molecule has 9 rings (SSSR count). The number of rotatable bonds is 5. The second-order valence-electron chi connectivity index (χ2n) is 11.8. The Morgan fingerprint density at radius 2 is 0.957 bits per heavy atom. The fourth-order valence-electron chi connectivity index (χ4n) is 6.83. The van der Waals surface area contributed by atoms with Crippen LogP contribution in [0.5, 0.6) is 0 Å². The lowest BCUT2D eigenvalue weighted by molar-refractivity contribution is 1.30. The first-order valence-corrected chi connectivity index (χ1v) is 16.5. The third-order valence-corrected chi connectivity index (χ3v) is 10.2. The lowest BCUT2D eigenvalue weighted by Crippen LogP contribution is -2.10. The minimum absolute atomic E-state index is 1.12. The predicted molar refractivity (Wildman–Crippen MR) is 200 cm³/mol. The van der Waals surface area contributed by atoms with Crippen molar-refractivity contribution in [1.29, 1.82) is 0 Å². The molecule has 0 saturated heterocycles. The number of hydrogen-bond donors (Lipinski definition) is 0. The summed E-state index contributed by atoms with van der Waals surface area (Å²) >= 11 is 1.87. The van der Waals surface area contributed by atoms with Crippen molar-refractivity contribution in [1.82, 2.24) is 0 Å². The Labute approximate surface area is 272 Å². The molecule has 0 aliphatic heterocycles. The molecule has 0 spiro atoms. The van der Waals surface area contributed by atoms with Crippen molar-refractivity contribution in [2.24, 2.45) is 0 Å². The van der Waals surface area contributed by atoms with Crippen LogP contribution in [0, 0.1) is 0 Å². The molecule has 46 heavy (non-hydrogen) atoms. The highest BCUT2D eigenvalue weighted by Crippen LogP contribution is 2.42. The minimum atomic E-state index is 1.12. The molecule has 9 aromatic rings. The molecule has 1 aromatic heterocycles. The molecule has 0 radical (unpaired) electrons. The Bertz CT molecular complexity index is 2530. The van der Waals surface area contributed by atoms with Crippen molar-refractivity contribution in [3.63, 3.8) is 0 Å². The van der Waals surface area contributed by atoms with Crippen LogP contribution >= 0.6 is 11.3 Å². The van der Waals surface area contributed by atoms with Gasteiger partial charge in [-0.05, 0) is 80.9 Å². The number of thiophene rings is 1. The lowest BCUT2D eigenvalue weighted by Gasteiger charge is -2.27. The van der Waals surface area contributed by atoms with E-state index in [1.54, 1.807) is 0 Å². The summed E-state index contributed by atoms with van der Waals surface area (Å²) in [4.78, 5) is 2.40. The Balaban J connectivity index is 1.18. The zero-order chi connectivity index (χ0) is 30.5. The normalized spacial score (nSPS) is 11.5. The van der Waals surface area contributed by atoms with E-state index in [2.05, 4.69) is 181 Å². The zero-order valence-corrected chi connectivity index (χ0v) is 25.9. The van der Waals surface area contributed by atoms with E-state index in [0.717, 1.165) is 17.1 Å². The maximum absolute atomic E-state index is 2.40. The molecular weight excluding hydrogens is 575 g/mol. The first-order chi connectivity index (χ1) is 22.8. The van der Waals surface area contributed by atoms with Crippen LogP contribution in [-0.4, -0.2) is 0 Å². The van der Waals surface area contributed by atoms with Gasteiger partial charge < -0.3 is 4.90 Å². The molecule has 216 valence electrons. The van der Waals surface area contributed by atoms with Crippen LogP contribution in [0.3, 0.4) is 0 Å². The average molecular weight is 604 g/mol. The van der Waals surface area contributed by atoms with Crippen LogP contribution < -0.4 is 4.90 Å². The number of anilines is 3. The van der Waals surface area contributed by atoms with Crippen LogP contribution in [0.2, 0.25) is 0 Å². The van der Waals surface area contributed by atoms with E-state index in [1.165, 1.54) is 64.0 Å². The van der Waals surface area contributed by atoms with Crippen molar-refractivity contribution < 1.29 is 0 Å². The number of fused-ring (bicyclic) bond motifs is 5. The maximum atomic E-state index is 2.40. The van der Waals surface area contributed by atoms with E-state index in [0.29, 0.717) is 0 Å². The molecule has 0 atom stereocenters. The topological polar surface area (TPSA) is 3.24 Å². The fraction of sp³-hybridized carbons (Fsp3) is 0. The molecule has 0 aliphatic carbocycles. The zero-order valence-electron chi connectivity index (χ0n) is 25.1. The van der Waals surface area contributed by atoms with Crippen LogP contribution in [0.1, 0.15) is 0 Å². The Morgan fingerprint density at radius 3 is 1.80 bits per heavy atom. The molecule has 1 heterocycles. The van der Waals surface area contributed by atoms with E-state index in [9.17, 15) is 0 Å². The Hall–Kier alpha value is -5.70. The van der Waals surface area contributed by atoms with Gasteiger partial charge in [-0.25, -0.2) is 0 Å². The standard InChI is InChI=1S/C44H29NS/c1-3-16-37-30(10-1)12-8-19-38(37)32-22-25-35(26-23-32)45(42-20-9-13-31-11-2-4-17-39(31)42)36-15-7-14-33(28-36)34-24-27-41-40-18-5-6-21-43(40)46-44(41)29-34/h1-29H. The van der Waals surface area contributed by atoms with Crippen LogP contribution in [-0.2, 0) is 0 Å². The van der Waals surface area contributed by atoms with E-state index >= 15 is 0 Å². The molecule has 0 saturated carbocycles. The third-order valence-electron chi connectivity index (χ3n) is 9.05. The molecule has 0 N–H and O–H groups in total. The van der Waals surface area contributed by atoms with Gasteiger partial charge in [-0.2, -0.15) is 0 Å². The molecule has 0 unspecified atom stereocenters. The smallest absolute Gasteiger partial charge is 0.0540 e. The molecule has 8 aromatic carbocycles. The molecule has 1 nitrogen and oxygen atoms in total. The van der Waals surface area contributed by atoms with Crippen molar-refractivity contribution in [2.45, 2.75) is 0 Å². The summed E-state index contributed by atoms with van der Waals surface area (Å²) < 4.78 is 2.65. The molecule has 0 amide bonds. The first kappa shape index (κ1) is 26.7. The third kappa shape index (κ3) is 4.54. The Morgan fingerprint density at radius 1 is 0.348 bits per heavy atom. The van der Waals surface area contributed by atoms with E-state index in [4.69, 9.17) is 0 Å². The molecule has 2 heteroatoms. The summed E-state index contributed by atoms with van der Waals surface area (Å²) in [7, 11) is 0. The summed E-state index contributed by atoms with van der Waals surface area (Å²) in [6.07, 6.45) is 0. The Kier molecular flexibility index (Phi) is 6.40. The van der Waals surface area contributed by atoms with E-state index < -0.39 is 0 Å². The molecule has 0 bridgehead atoms. The lowest BCUT2D eigenvalue weighted by atomic mass is 9.98. The molecule has 0 fully saturated rings. The van der Waals surface area contributed by atoms with Gasteiger partial charge in [0.1, 0.15) is 0 Å². The van der Waals surface area contributed by atoms with E-state index in [1.807, 2.05) is 11.3 Å². The highest BCUT2D eigenvalue weighted by atomic mass is 32.1. The summed E-state index contributed by atoms with van der Waals surface area (Å²) in [6, 6.07) is 64.0. The number of benzene rings is 8. The highest BCUT2D eigenvalue weighted by Gasteiger charge is 2.17. The van der Waals surface area contributed by atoms with Gasteiger partial charge >= 0.3 is 0 Å². The number of hydrogen-bond acceptors (Lipinski definition) is 2. The monoisotopic (exact) mass is 603 g/mol. The minimum Gasteiger partial charge on any atom is -0.310 e. The SMILES string of the molecule is c1cc(-c2ccc3c(c2)sc2ccccc23)cc(N(c2ccc(-c3cccc4ccccc34)cc2)c2cccc3ccccc23)c1. The van der Waals surface area contributed by atoms with E-state index in [-0.39, 0.29) is 0 Å². The van der Waals surface area contributed by atoms with Crippen LogP contribution in [0.15, 0.2) is 176 Å². The fourth-order valence-corrected chi connectivity index (χ4v) is 7.97. The van der Waals surface area contributed by atoms with Gasteiger partial charge in [0.15, 0.2) is 0 Å². The van der Waals surface area contributed by atoms with Gasteiger partial charge in [-0.3, -0.25) is 0 Å². The molecular formula is C44H29NS. The summed E-state index contributed by atoms with van der Waals surface area (Å²) in [6.45, 7) is 0. The first-order valence-electron chi connectivity index (χ1n) is 15.7. The van der Waals surface area contributed by atoms with Gasteiger partial charge in [-0.1, -0.05) is 133 Å². The van der Waals surface area contributed by atoms with Crippen molar-refractivity contribution >= 4 is 70.1 Å². The van der Waals surface area contributed by atoms with Crippen LogP contribution in [0.4, 0.5) is 17.1 Å². The van der Waals surface area contributed by atoms with Gasteiger partial charge in [0, 0.05) is 36.9 Å². The quantitative estimate of drug-likeness (QED) is 0.189. The van der Waals surface area contributed by atoms with Gasteiger partial charge in [0.05, 0.1) is 5.69 Å².